The Balaban J connectivity index is 2.33. The molecule has 0 aliphatic rings. The van der Waals surface area contributed by atoms with Gasteiger partial charge in [-0.1, -0.05) is 6.07 Å². The molecule has 116 valence electrons. The molecule has 0 atom stereocenters. The second-order valence-corrected chi connectivity index (χ2v) is 6.99. The van der Waals surface area contributed by atoms with Crippen LogP contribution in [0, 0.1) is 12.7 Å². The van der Waals surface area contributed by atoms with E-state index in [1.54, 1.807) is 13.0 Å². The van der Waals surface area contributed by atoms with E-state index in [-0.39, 0.29) is 16.1 Å². The number of hydrogen-bond acceptors (Lipinski definition) is 3. The topological polar surface area (TPSA) is 89.3 Å². The molecule has 0 aromatic heterocycles. The van der Waals surface area contributed by atoms with Gasteiger partial charge in [-0.15, -0.1) is 0 Å². The summed E-state index contributed by atoms with van der Waals surface area (Å²) in [7, 11) is -3.88. The molecule has 0 spiro atoms. The van der Waals surface area contributed by atoms with Crippen LogP contribution in [0.1, 0.15) is 15.9 Å². The van der Waals surface area contributed by atoms with Crippen LogP contribution in [0.4, 0.5) is 10.1 Å². The summed E-state index contributed by atoms with van der Waals surface area (Å²) in [6.07, 6.45) is 0. The molecule has 0 saturated heterocycles. The number of primary sulfonamides is 1. The number of benzene rings is 2. The lowest BCUT2D eigenvalue weighted by Crippen LogP contribution is -2.16. The van der Waals surface area contributed by atoms with Crippen molar-refractivity contribution in [3.8, 4) is 0 Å². The summed E-state index contributed by atoms with van der Waals surface area (Å²) in [6.45, 7) is 1.60. The molecule has 0 bridgehead atoms. The molecule has 0 radical (unpaired) electrons. The Morgan fingerprint density at radius 3 is 2.50 bits per heavy atom. The van der Waals surface area contributed by atoms with Gasteiger partial charge in [0, 0.05) is 10.2 Å². The van der Waals surface area contributed by atoms with Crippen molar-refractivity contribution in [2.24, 2.45) is 5.14 Å². The summed E-state index contributed by atoms with van der Waals surface area (Å²) in [6, 6.07) is 8.02. The molecule has 8 heteroatoms. The Morgan fingerprint density at radius 2 is 1.91 bits per heavy atom. The molecule has 1 amide bonds. The highest BCUT2D eigenvalue weighted by atomic mass is 79.9. The number of sulfonamides is 1. The summed E-state index contributed by atoms with van der Waals surface area (Å²) in [5.41, 5.74) is 0.971. The number of rotatable bonds is 3. The number of amides is 1. The van der Waals surface area contributed by atoms with Crippen molar-refractivity contribution in [3.05, 3.63) is 57.8 Å². The van der Waals surface area contributed by atoms with E-state index in [0.717, 1.165) is 6.07 Å². The highest BCUT2D eigenvalue weighted by Crippen LogP contribution is 2.22. The highest BCUT2D eigenvalue weighted by molar-refractivity contribution is 9.10. The van der Waals surface area contributed by atoms with E-state index >= 15 is 0 Å². The van der Waals surface area contributed by atoms with Crippen LogP contribution in [-0.4, -0.2) is 14.3 Å². The third-order valence-corrected chi connectivity index (χ3v) is 4.64. The van der Waals surface area contributed by atoms with E-state index in [4.69, 9.17) is 5.14 Å². The first kappa shape index (κ1) is 16.6. The lowest BCUT2D eigenvalue weighted by atomic mass is 10.2. The van der Waals surface area contributed by atoms with E-state index in [1.165, 1.54) is 24.3 Å². The Bertz CT molecular complexity index is 853. The van der Waals surface area contributed by atoms with Gasteiger partial charge in [-0.25, -0.2) is 17.9 Å². The zero-order chi connectivity index (χ0) is 16.5. The number of carbonyl (C=O) groups excluding carboxylic acids is 1. The second-order valence-electron chi connectivity index (χ2n) is 4.60. The minimum atomic E-state index is -3.88. The number of carbonyl (C=O) groups is 1. The van der Waals surface area contributed by atoms with Crippen LogP contribution in [-0.2, 0) is 10.0 Å². The fourth-order valence-corrected chi connectivity index (χ4v) is 3.20. The largest absolute Gasteiger partial charge is 0.322 e. The Labute approximate surface area is 135 Å². The van der Waals surface area contributed by atoms with E-state index in [9.17, 15) is 17.6 Å². The Kier molecular flexibility index (Phi) is 4.64. The molecule has 22 heavy (non-hydrogen) atoms. The van der Waals surface area contributed by atoms with Gasteiger partial charge >= 0.3 is 0 Å². The number of halogens is 2. The van der Waals surface area contributed by atoms with Gasteiger partial charge in [0.2, 0.25) is 10.0 Å². The van der Waals surface area contributed by atoms with Crippen LogP contribution in [0.15, 0.2) is 45.8 Å². The van der Waals surface area contributed by atoms with Crippen molar-refractivity contribution in [1.82, 2.24) is 0 Å². The molecule has 2 aromatic carbocycles. The summed E-state index contributed by atoms with van der Waals surface area (Å²) >= 11 is 3.10. The van der Waals surface area contributed by atoms with Gasteiger partial charge in [-0.2, -0.15) is 0 Å². The van der Waals surface area contributed by atoms with Crippen LogP contribution in [0.25, 0.3) is 0 Å². The molecule has 0 aliphatic carbocycles. The predicted molar refractivity (Wildman–Crippen MR) is 84.6 cm³/mol. The number of aryl methyl sites for hydroxylation is 1. The third kappa shape index (κ3) is 3.70. The molecule has 0 fully saturated rings. The molecule has 2 rings (SSSR count). The van der Waals surface area contributed by atoms with Crippen LogP contribution >= 0.6 is 15.9 Å². The van der Waals surface area contributed by atoms with Crippen molar-refractivity contribution in [2.45, 2.75) is 11.8 Å². The molecule has 3 N–H and O–H groups in total. The molecular formula is C14H12BrFN2O3S. The van der Waals surface area contributed by atoms with Crippen molar-refractivity contribution < 1.29 is 17.6 Å². The third-order valence-electron chi connectivity index (χ3n) is 2.93. The van der Waals surface area contributed by atoms with Crippen LogP contribution in [0.5, 0.6) is 0 Å². The fourth-order valence-electron chi connectivity index (χ4n) is 1.86. The smallest absolute Gasteiger partial charge is 0.256 e. The average Bonchev–Trinajstić information content (AvgIpc) is 2.39. The quantitative estimate of drug-likeness (QED) is 0.849. The number of anilines is 1. The molecule has 0 aliphatic heterocycles. The Hall–Kier alpha value is -1.77. The van der Waals surface area contributed by atoms with Crippen molar-refractivity contribution in [3.63, 3.8) is 0 Å². The SMILES string of the molecule is Cc1ccc(NC(=O)c2ccc(F)cc2Br)cc1S(N)(=O)=O. The summed E-state index contributed by atoms with van der Waals surface area (Å²) < 4.78 is 36.3. The normalized spacial score (nSPS) is 11.3. The first-order valence-electron chi connectivity index (χ1n) is 6.08. The molecule has 0 heterocycles. The van der Waals surface area contributed by atoms with Gasteiger partial charge in [-0.05, 0) is 58.7 Å². The van der Waals surface area contributed by atoms with Crippen molar-refractivity contribution >= 4 is 37.5 Å². The van der Waals surface area contributed by atoms with E-state index < -0.39 is 21.7 Å². The monoisotopic (exact) mass is 386 g/mol. The standard InChI is InChI=1S/C14H12BrFN2O3S/c1-8-2-4-10(7-13(8)22(17,20)21)18-14(19)11-5-3-9(16)6-12(11)15/h2-7H,1H3,(H,18,19)(H2,17,20,21). The van der Waals surface area contributed by atoms with Gasteiger partial charge in [0.1, 0.15) is 5.82 Å². The van der Waals surface area contributed by atoms with E-state index in [1.807, 2.05) is 0 Å². The van der Waals surface area contributed by atoms with Crippen LogP contribution in [0.3, 0.4) is 0 Å². The van der Waals surface area contributed by atoms with Crippen molar-refractivity contribution in [2.75, 3.05) is 5.32 Å². The molecule has 0 unspecified atom stereocenters. The summed E-state index contributed by atoms with van der Waals surface area (Å²) in [5, 5.41) is 7.67. The lowest BCUT2D eigenvalue weighted by Gasteiger charge is -2.10. The molecule has 0 saturated carbocycles. The number of nitrogens with two attached hydrogens (primary N) is 1. The summed E-state index contributed by atoms with van der Waals surface area (Å²) in [5.74, 6) is -0.980. The zero-order valence-electron chi connectivity index (χ0n) is 11.4. The first-order valence-corrected chi connectivity index (χ1v) is 8.42. The highest BCUT2D eigenvalue weighted by Gasteiger charge is 2.15. The van der Waals surface area contributed by atoms with Gasteiger partial charge in [0.25, 0.3) is 5.91 Å². The van der Waals surface area contributed by atoms with Gasteiger partial charge < -0.3 is 5.32 Å². The van der Waals surface area contributed by atoms with Gasteiger partial charge in [0.15, 0.2) is 0 Å². The summed E-state index contributed by atoms with van der Waals surface area (Å²) in [4.78, 5) is 12.1. The number of hydrogen-bond donors (Lipinski definition) is 2. The van der Waals surface area contributed by atoms with E-state index in [2.05, 4.69) is 21.2 Å². The van der Waals surface area contributed by atoms with Gasteiger partial charge in [-0.3, -0.25) is 4.79 Å². The maximum absolute atomic E-state index is 13.0. The first-order chi connectivity index (χ1) is 10.2. The maximum Gasteiger partial charge on any atom is 0.256 e. The van der Waals surface area contributed by atoms with E-state index in [0.29, 0.717) is 10.0 Å². The maximum atomic E-state index is 13.0. The predicted octanol–water partition coefficient (Wildman–Crippen LogP) is 2.80. The van der Waals surface area contributed by atoms with Crippen molar-refractivity contribution in [1.29, 1.82) is 0 Å². The van der Waals surface area contributed by atoms with Crippen LogP contribution < -0.4 is 10.5 Å². The lowest BCUT2D eigenvalue weighted by molar-refractivity contribution is 0.102. The minimum absolute atomic E-state index is 0.0662. The molecule has 2 aromatic rings. The molecule has 5 nitrogen and oxygen atoms in total. The fraction of sp³-hybridized carbons (Fsp3) is 0.0714. The zero-order valence-corrected chi connectivity index (χ0v) is 13.8. The molecular weight excluding hydrogens is 375 g/mol. The minimum Gasteiger partial charge on any atom is -0.322 e. The average molecular weight is 387 g/mol. The Morgan fingerprint density at radius 1 is 1.23 bits per heavy atom. The second kappa shape index (κ2) is 6.15. The van der Waals surface area contributed by atoms with Crippen LogP contribution in [0.2, 0.25) is 0 Å². The number of nitrogens with one attached hydrogen (secondary N) is 1. The van der Waals surface area contributed by atoms with Gasteiger partial charge in [0.05, 0.1) is 10.5 Å².